The Morgan fingerprint density at radius 3 is 2.48 bits per heavy atom. The summed E-state index contributed by atoms with van der Waals surface area (Å²) in [5.74, 6) is -1.79. The molecule has 3 N–H and O–H groups in total. The number of anilines is 1. The van der Waals surface area contributed by atoms with E-state index in [4.69, 9.17) is 5.73 Å². The maximum absolute atomic E-state index is 13.5. The highest BCUT2D eigenvalue weighted by molar-refractivity contribution is 9.10. The van der Waals surface area contributed by atoms with Crippen LogP contribution in [-0.2, 0) is 16.6 Å². The molecule has 2 aromatic rings. The average molecular weight is 377 g/mol. The lowest BCUT2D eigenvalue weighted by atomic mass is 10.2. The molecule has 0 amide bonds. The topological polar surface area (TPSA) is 72.2 Å². The lowest BCUT2D eigenvalue weighted by molar-refractivity contribution is 0.582. The first-order valence-corrected chi connectivity index (χ1v) is 8.07. The van der Waals surface area contributed by atoms with Crippen molar-refractivity contribution in [2.75, 3.05) is 4.72 Å². The molecule has 2 aromatic carbocycles. The molecule has 0 spiro atoms. The van der Waals surface area contributed by atoms with Crippen LogP contribution in [0.5, 0.6) is 0 Å². The van der Waals surface area contributed by atoms with Crippen molar-refractivity contribution in [3.05, 3.63) is 58.1 Å². The van der Waals surface area contributed by atoms with E-state index in [0.29, 0.717) is 16.1 Å². The van der Waals surface area contributed by atoms with E-state index in [-0.39, 0.29) is 17.1 Å². The van der Waals surface area contributed by atoms with Crippen molar-refractivity contribution in [3.8, 4) is 0 Å². The van der Waals surface area contributed by atoms with Crippen LogP contribution in [0.15, 0.2) is 45.8 Å². The molecule has 0 aliphatic rings. The summed E-state index contributed by atoms with van der Waals surface area (Å²) < 4.78 is 53.3. The van der Waals surface area contributed by atoms with E-state index in [1.54, 1.807) is 6.07 Å². The molecule has 0 aliphatic heterocycles. The molecule has 0 heterocycles. The number of nitrogens with two attached hydrogens (primary N) is 1. The van der Waals surface area contributed by atoms with Gasteiger partial charge >= 0.3 is 0 Å². The quantitative estimate of drug-likeness (QED) is 0.861. The molecule has 0 aromatic heterocycles. The second-order valence-corrected chi connectivity index (χ2v) is 6.70. The maximum atomic E-state index is 13.5. The van der Waals surface area contributed by atoms with Gasteiger partial charge in [0, 0.05) is 17.1 Å². The number of halogens is 3. The molecule has 21 heavy (non-hydrogen) atoms. The van der Waals surface area contributed by atoms with Crippen LogP contribution in [0.25, 0.3) is 0 Å². The molecular formula is C13H11BrF2N2O2S. The second kappa shape index (κ2) is 6.08. The van der Waals surface area contributed by atoms with Gasteiger partial charge in [-0.1, -0.05) is 6.07 Å². The number of sulfonamides is 1. The lowest BCUT2D eigenvalue weighted by Crippen LogP contribution is -2.15. The first kappa shape index (κ1) is 15.9. The van der Waals surface area contributed by atoms with Crippen LogP contribution < -0.4 is 10.5 Å². The summed E-state index contributed by atoms with van der Waals surface area (Å²) in [6.07, 6.45) is 0. The number of hydrogen-bond donors (Lipinski definition) is 2. The van der Waals surface area contributed by atoms with Gasteiger partial charge in [0.1, 0.15) is 16.5 Å². The fourth-order valence-corrected chi connectivity index (χ4v) is 3.73. The molecular weight excluding hydrogens is 366 g/mol. The number of benzene rings is 2. The van der Waals surface area contributed by atoms with E-state index in [1.165, 1.54) is 12.1 Å². The summed E-state index contributed by atoms with van der Waals surface area (Å²) in [6.45, 7) is 0.167. The summed E-state index contributed by atoms with van der Waals surface area (Å²) in [6, 6.07) is 7.17. The highest BCUT2D eigenvalue weighted by Crippen LogP contribution is 2.26. The highest BCUT2D eigenvalue weighted by atomic mass is 79.9. The zero-order valence-corrected chi connectivity index (χ0v) is 13.0. The molecule has 8 heteroatoms. The first-order valence-electron chi connectivity index (χ1n) is 5.80. The van der Waals surface area contributed by atoms with Crippen molar-refractivity contribution >= 4 is 31.6 Å². The predicted molar refractivity (Wildman–Crippen MR) is 79.2 cm³/mol. The third kappa shape index (κ3) is 3.58. The average Bonchev–Trinajstić information content (AvgIpc) is 2.42. The Hall–Kier alpha value is -1.51. The molecule has 0 aliphatic carbocycles. The van der Waals surface area contributed by atoms with Crippen LogP contribution >= 0.6 is 15.9 Å². The Morgan fingerprint density at radius 1 is 1.14 bits per heavy atom. The van der Waals surface area contributed by atoms with Crippen LogP contribution in [0.4, 0.5) is 14.5 Å². The Labute approximate surface area is 129 Å². The van der Waals surface area contributed by atoms with Crippen molar-refractivity contribution in [1.82, 2.24) is 0 Å². The molecule has 0 bridgehead atoms. The van der Waals surface area contributed by atoms with Crippen molar-refractivity contribution in [2.24, 2.45) is 5.73 Å². The zero-order valence-electron chi connectivity index (χ0n) is 10.6. The van der Waals surface area contributed by atoms with Crippen LogP contribution in [0, 0.1) is 11.6 Å². The fourth-order valence-electron chi connectivity index (χ4n) is 1.65. The summed E-state index contributed by atoms with van der Waals surface area (Å²) >= 11 is 3.13. The van der Waals surface area contributed by atoms with Crippen LogP contribution in [-0.4, -0.2) is 8.42 Å². The van der Waals surface area contributed by atoms with Crippen LogP contribution in [0.3, 0.4) is 0 Å². The maximum Gasteiger partial charge on any atom is 0.263 e. The van der Waals surface area contributed by atoms with E-state index in [9.17, 15) is 17.2 Å². The van der Waals surface area contributed by atoms with Gasteiger partial charge in [-0.25, -0.2) is 17.2 Å². The molecule has 0 saturated heterocycles. The van der Waals surface area contributed by atoms with E-state index in [1.807, 2.05) is 0 Å². The Kier molecular flexibility index (Phi) is 4.60. The minimum Gasteiger partial charge on any atom is -0.326 e. The standard InChI is InChI=1S/C13H11BrF2N2O2S/c14-10-3-1-8(7-17)5-13(10)21(19,20)18-12-4-2-9(15)6-11(12)16/h1-6,18H,7,17H2. The summed E-state index contributed by atoms with van der Waals surface area (Å²) in [7, 11) is -4.03. The smallest absolute Gasteiger partial charge is 0.263 e. The van der Waals surface area contributed by atoms with Crippen molar-refractivity contribution in [2.45, 2.75) is 11.4 Å². The van der Waals surface area contributed by atoms with Crippen molar-refractivity contribution in [1.29, 1.82) is 0 Å². The van der Waals surface area contributed by atoms with Crippen molar-refractivity contribution in [3.63, 3.8) is 0 Å². The van der Waals surface area contributed by atoms with Gasteiger partial charge in [0.15, 0.2) is 0 Å². The Balaban J connectivity index is 2.43. The van der Waals surface area contributed by atoms with Crippen LogP contribution in [0.1, 0.15) is 5.56 Å². The highest BCUT2D eigenvalue weighted by Gasteiger charge is 2.20. The molecule has 0 fully saturated rings. The number of hydrogen-bond acceptors (Lipinski definition) is 3. The SMILES string of the molecule is NCc1ccc(Br)c(S(=O)(=O)Nc2ccc(F)cc2F)c1. The summed E-state index contributed by atoms with van der Waals surface area (Å²) in [4.78, 5) is -0.0748. The molecule has 112 valence electrons. The van der Waals surface area contributed by atoms with E-state index in [2.05, 4.69) is 20.7 Å². The van der Waals surface area contributed by atoms with Gasteiger partial charge in [-0.15, -0.1) is 0 Å². The second-order valence-electron chi connectivity index (χ2n) is 4.20. The monoisotopic (exact) mass is 376 g/mol. The van der Waals surface area contributed by atoms with Gasteiger partial charge in [-0.05, 0) is 45.8 Å². The Bertz CT molecular complexity index is 782. The van der Waals surface area contributed by atoms with Gasteiger partial charge in [-0.3, -0.25) is 4.72 Å². The van der Waals surface area contributed by atoms with Gasteiger partial charge in [-0.2, -0.15) is 0 Å². The lowest BCUT2D eigenvalue weighted by Gasteiger charge is -2.11. The van der Waals surface area contributed by atoms with Crippen LogP contribution in [0.2, 0.25) is 0 Å². The van der Waals surface area contributed by atoms with Gasteiger partial charge in [0.2, 0.25) is 0 Å². The Morgan fingerprint density at radius 2 is 1.86 bits per heavy atom. The summed E-state index contributed by atoms with van der Waals surface area (Å²) in [5, 5.41) is 0. The molecule has 0 radical (unpaired) electrons. The van der Waals surface area contributed by atoms with Crippen molar-refractivity contribution < 1.29 is 17.2 Å². The van der Waals surface area contributed by atoms with Gasteiger partial charge < -0.3 is 5.73 Å². The summed E-state index contributed by atoms with van der Waals surface area (Å²) in [5.41, 5.74) is 5.75. The number of nitrogens with one attached hydrogen (secondary N) is 1. The zero-order chi connectivity index (χ0) is 15.6. The first-order chi connectivity index (χ1) is 9.83. The predicted octanol–water partition coefficient (Wildman–Crippen LogP) is 2.99. The number of rotatable bonds is 4. The molecule has 4 nitrogen and oxygen atoms in total. The normalized spacial score (nSPS) is 11.4. The minimum absolute atomic E-state index is 0.0748. The minimum atomic E-state index is -4.03. The molecule has 2 rings (SSSR count). The molecule has 0 unspecified atom stereocenters. The molecule has 0 saturated carbocycles. The van der Waals surface area contributed by atoms with Gasteiger partial charge in [0.05, 0.1) is 5.69 Å². The molecule has 0 atom stereocenters. The van der Waals surface area contributed by atoms with E-state index in [0.717, 1.165) is 12.1 Å². The third-order valence-electron chi connectivity index (χ3n) is 2.70. The fraction of sp³-hybridized carbons (Fsp3) is 0.0769. The van der Waals surface area contributed by atoms with E-state index >= 15 is 0 Å². The third-order valence-corrected chi connectivity index (χ3v) is 5.06. The van der Waals surface area contributed by atoms with Gasteiger partial charge in [0.25, 0.3) is 10.0 Å². The van der Waals surface area contributed by atoms with E-state index < -0.39 is 21.7 Å². The largest absolute Gasteiger partial charge is 0.326 e.